The van der Waals surface area contributed by atoms with Crippen molar-refractivity contribution in [2.24, 2.45) is 5.16 Å². The van der Waals surface area contributed by atoms with E-state index >= 15 is 0 Å². The number of furan rings is 1. The van der Waals surface area contributed by atoms with Gasteiger partial charge in [-0.2, -0.15) is 0 Å². The van der Waals surface area contributed by atoms with Gasteiger partial charge < -0.3 is 9.25 Å². The van der Waals surface area contributed by atoms with Crippen molar-refractivity contribution in [1.82, 2.24) is 0 Å². The summed E-state index contributed by atoms with van der Waals surface area (Å²) >= 11 is 0. The van der Waals surface area contributed by atoms with E-state index in [9.17, 15) is 20.2 Å². The van der Waals surface area contributed by atoms with E-state index in [0.29, 0.717) is 22.6 Å². The maximum atomic E-state index is 11.1. The highest BCUT2D eigenvalue weighted by Crippen LogP contribution is 2.30. The largest absolute Gasteiger partial charge is 0.455 e. The van der Waals surface area contributed by atoms with Gasteiger partial charge in [-0.1, -0.05) is 29.4 Å². The minimum Gasteiger partial charge on any atom is -0.455 e. The topological polar surface area (TPSA) is 121 Å². The predicted octanol–water partition coefficient (Wildman–Crippen LogP) is 4.31. The Morgan fingerprint density at radius 3 is 2.59 bits per heavy atom. The van der Waals surface area contributed by atoms with Gasteiger partial charge in [0.25, 0.3) is 11.4 Å². The molecule has 0 N–H and O–H groups in total. The number of nitro benzene ring substituents is 2. The second-order valence-electron chi connectivity index (χ2n) is 5.41. The molecular weight excluding hydrogens is 354 g/mol. The van der Waals surface area contributed by atoms with Crippen LogP contribution in [0.1, 0.15) is 11.3 Å². The number of non-ortho nitro benzene ring substituents is 1. The normalized spacial score (nSPS) is 10.8. The SMILES string of the molecule is O=[N+]([O-])c1cccc(CO/N=C/c2ccc(-c3ccccc3[N+](=O)[O-])o2)c1. The van der Waals surface area contributed by atoms with Gasteiger partial charge in [0.2, 0.25) is 0 Å². The van der Waals surface area contributed by atoms with Crippen LogP contribution in [0, 0.1) is 20.2 Å². The van der Waals surface area contributed by atoms with E-state index in [1.54, 1.807) is 42.5 Å². The fraction of sp³-hybridized carbons (Fsp3) is 0.0556. The molecule has 0 aliphatic carbocycles. The Morgan fingerprint density at radius 1 is 1.00 bits per heavy atom. The molecule has 2 aromatic carbocycles. The Labute approximate surface area is 152 Å². The molecular formula is C18H13N3O6. The van der Waals surface area contributed by atoms with Gasteiger partial charge in [-0.25, -0.2) is 0 Å². The van der Waals surface area contributed by atoms with Crippen LogP contribution in [0.2, 0.25) is 0 Å². The molecule has 27 heavy (non-hydrogen) atoms. The highest BCUT2D eigenvalue weighted by atomic mass is 16.6. The van der Waals surface area contributed by atoms with Gasteiger partial charge in [-0.3, -0.25) is 20.2 Å². The van der Waals surface area contributed by atoms with E-state index in [4.69, 9.17) is 9.25 Å². The zero-order valence-corrected chi connectivity index (χ0v) is 13.8. The summed E-state index contributed by atoms with van der Waals surface area (Å²) in [5.41, 5.74) is 0.874. The van der Waals surface area contributed by atoms with Crippen molar-refractivity contribution in [3.05, 3.63) is 92.2 Å². The molecule has 3 aromatic rings. The molecule has 0 saturated carbocycles. The molecule has 0 radical (unpaired) electrons. The highest BCUT2D eigenvalue weighted by molar-refractivity contribution is 5.78. The van der Waals surface area contributed by atoms with Gasteiger partial charge in [0, 0.05) is 18.2 Å². The molecule has 0 atom stereocenters. The number of oxime groups is 1. The molecule has 136 valence electrons. The van der Waals surface area contributed by atoms with Gasteiger partial charge in [0.05, 0.1) is 15.4 Å². The minimum absolute atomic E-state index is 0.0276. The molecule has 9 heteroatoms. The number of rotatable bonds is 7. The highest BCUT2D eigenvalue weighted by Gasteiger charge is 2.16. The van der Waals surface area contributed by atoms with Crippen molar-refractivity contribution in [2.75, 3.05) is 0 Å². The standard InChI is InChI=1S/C18H13N3O6/c22-20(23)14-5-3-4-13(10-14)12-26-19-11-15-8-9-18(27-15)16-6-1-2-7-17(16)21(24)25/h1-11H,12H2/b19-11+. The molecule has 0 bridgehead atoms. The summed E-state index contributed by atoms with van der Waals surface area (Å²) in [4.78, 5) is 26.0. The van der Waals surface area contributed by atoms with Crippen molar-refractivity contribution in [3.63, 3.8) is 0 Å². The summed E-state index contributed by atoms with van der Waals surface area (Å²) in [6.45, 7) is 0.0515. The Kier molecular flexibility index (Phi) is 5.22. The number of hydrogen-bond donors (Lipinski definition) is 0. The lowest BCUT2D eigenvalue weighted by atomic mass is 10.1. The van der Waals surface area contributed by atoms with E-state index in [-0.39, 0.29) is 18.0 Å². The van der Waals surface area contributed by atoms with Crippen LogP contribution in [0.15, 0.2) is 70.2 Å². The quantitative estimate of drug-likeness (QED) is 0.348. The number of nitro groups is 2. The first kappa shape index (κ1) is 17.8. The van der Waals surface area contributed by atoms with Gasteiger partial charge >= 0.3 is 0 Å². The lowest BCUT2D eigenvalue weighted by Gasteiger charge is -1.99. The minimum atomic E-state index is -0.486. The van der Waals surface area contributed by atoms with Crippen LogP contribution in [0.4, 0.5) is 11.4 Å². The van der Waals surface area contributed by atoms with Crippen molar-refractivity contribution in [3.8, 4) is 11.3 Å². The van der Waals surface area contributed by atoms with Crippen molar-refractivity contribution < 1.29 is 19.1 Å². The second-order valence-corrected chi connectivity index (χ2v) is 5.41. The summed E-state index contributed by atoms with van der Waals surface area (Å²) < 4.78 is 5.54. The van der Waals surface area contributed by atoms with E-state index in [1.807, 2.05) is 0 Å². The molecule has 0 amide bonds. The average Bonchev–Trinajstić information content (AvgIpc) is 3.14. The predicted molar refractivity (Wildman–Crippen MR) is 96.3 cm³/mol. The van der Waals surface area contributed by atoms with Gasteiger partial charge in [-0.15, -0.1) is 0 Å². The summed E-state index contributed by atoms with van der Waals surface area (Å²) in [5.74, 6) is 0.685. The second kappa shape index (κ2) is 7.91. The number of hydrogen-bond acceptors (Lipinski definition) is 7. The number of nitrogens with zero attached hydrogens (tertiary/aromatic N) is 3. The molecule has 0 fully saturated rings. The maximum absolute atomic E-state index is 11.1. The zero-order valence-electron chi connectivity index (χ0n) is 13.8. The van der Waals surface area contributed by atoms with E-state index in [0.717, 1.165) is 0 Å². The third-order valence-corrected chi connectivity index (χ3v) is 3.60. The van der Waals surface area contributed by atoms with Crippen LogP contribution >= 0.6 is 0 Å². The van der Waals surface area contributed by atoms with Crippen LogP contribution in [0.3, 0.4) is 0 Å². The van der Waals surface area contributed by atoms with Crippen LogP contribution in [0.25, 0.3) is 11.3 Å². The Hall–Kier alpha value is -4.01. The summed E-state index contributed by atoms with van der Waals surface area (Å²) in [7, 11) is 0. The lowest BCUT2D eigenvalue weighted by Crippen LogP contribution is -1.92. The first-order valence-corrected chi connectivity index (χ1v) is 7.77. The molecule has 1 aromatic heterocycles. The zero-order chi connectivity index (χ0) is 19.2. The van der Waals surface area contributed by atoms with Crippen LogP contribution in [-0.2, 0) is 11.4 Å². The van der Waals surface area contributed by atoms with Crippen molar-refractivity contribution in [1.29, 1.82) is 0 Å². The molecule has 9 nitrogen and oxygen atoms in total. The summed E-state index contributed by atoms with van der Waals surface area (Å²) in [6.07, 6.45) is 1.32. The van der Waals surface area contributed by atoms with Crippen molar-refractivity contribution >= 4 is 17.6 Å². The number of para-hydroxylation sites is 1. The first-order valence-electron chi connectivity index (χ1n) is 7.77. The first-order chi connectivity index (χ1) is 13.0. The Balaban J connectivity index is 1.65. The Morgan fingerprint density at radius 2 is 1.81 bits per heavy atom. The van der Waals surface area contributed by atoms with Gasteiger partial charge in [0.1, 0.15) is 24.3 Å². The van der Waals surface area contributed by atoms with Crippen LogP contribution in [-0.4, -0.2) is 16.1 Å². The molecule has 0 aliphatic heterocycles. The Bertz CT molecular complexity index is 1010. The molecule has 0 saturated heterocycles. The summed E-state index contributed by atoms with van der Waals surface area (Å²) in [6, 6.07) is 15.5. The molecule has 1 heterocycles. The smallest absolute Gasteiger partial charge is 0.280 e. The third-order valence-electron chi connectivity index (χ3n) is 3.60. The monoisotopic (exact) mass is 367 g/mol. The summed E-state index contributed by atoms with van der Waals surface area (Å²) in [5, 5.41) is 25.6. The van der Waals surface area contributed by atoms with E-state index in [2.05, 4.69) is 5.16 Å². The van der Waals surface area contributed by atoms with Crippen LogP contribution in [0.5, 0.6) is 0 Å². The fourth-order valence-electron chi connectivity index (χ4n) is 2.37. The molecule has 0 aliphatic rings. The van der Waals surface area contributed by atoms with E-state index in [1.165, 1.54) is 24.4 Å². The number of benzene rings is 2. The lowest BCUT2D eigenvalue weighted by molar-refractivity contribution is -0.385. The third kappa shape index (κ3) is 4.34. The molecule has 3 rings (SSSR count). The average molecular weight is 367 g/mol. The van der Waals surface area contributed by atoms with Crippen LogP contribution < -0.4 is 0 Å². The molecule has 0 unspecified atom stereocenters. The van der Waals surface area contributed by atoms with Gasteiger partial charge in [-0.05, 0) is 23.8 Å². The molecule has 0 spiro atoms. The van der Waals surface area contributed by atoms with Gasteiger partial charge in [0.15, 0.2) is 0 Å². The van der Waals surface area contributed by atoms with E-state index < -0.39 is 9.85 Å². The maximum Gasteiger partial charge on any atom is 0.280 e. The fourth-order valence-corrected chi connectivity index (χ4v) is 2.37. The van der Waals surface area contributed by atoms with Crippen molar-refractivity contribution in [2.45, 2.75) is 6.61 Å².